The van der Waals surface area contributed by atoms with Gasteiger partial charge in [0.05, 0.1) is 5.56 Å². The van der Waals surface area contributed by atoms with Crippen LogP contribution in [0.5, 0.6) is 0 Å². The van der Waals surface area contributed by atoms with E-state index in [1.807, 2.05) is 0 Å². The Morgan fingerprint density at radius 2 is 1.94 bits per heavy atom. The van der Waals surface area contributed by atoms with E-state index in [0.29, 0.717) is 4.67 Å². The van der Waals surface area contributed by atoms with Gasteiger partial charge in [0.15, 0.2) is 10.4 Å². The zero-order valence-corrected chi connectivity index (χ0v) is 10.3. The SMILES string of the molecule is Cc1ccc(F)c(C(=O)c2ccc(Br)o2)c1F. The zero-order chi connectivity index (χ0) is 12.6. The maximum atomic E-state index is 13.7. The van der Waals surface area contributed by atoms with E-state index in [4.69, 9.17) is 4.42 Å². The molecule has 0 bridgehead atoms. The topological polar surface area (TPSA) is 30.2 Å². The van der Waals surface area contributed by atoms with Gasteiger partial charge in [-0.05, 0) is 46.6 Å². The molecule has 0 saturated heterocycles. The van der Waals surface area contributed by atoms with Crippen molar-refractivity contribution in [3.8, 4) is 0 Å². The van der Waals surface area contributed by atoms with Crippen LogP contribution < -0.4 is 0 Å². The Bertz CT molecular complexity index is 590. The van der Waals surface area contributed by atoms with Gasteiger partial charge in [0, 0.05) is 0 Å². The fourth-order valence-corrected chi connectivity index (χ4v) is 1.73. The molecule has 1 aromatic carbocycles. The van der Waals surface area contributed by atoms with Crippen LogP contribution in [0.25, 0.3) is 0 Å². The summed E-state index contributed by atoms with van der Waals surface area (Å²) < 4.78 is 32.5. The second-order valence-electron chi connectivity index (χ2n) is 3.49. The van der Waals surface area contributed by atoms with Crippen LogP contribution in [0.4, 0.5) is 8.78 Å². The molecule has 0 amide bonds. The van der Waals surface area contributed by atoms with Crippen LogP contribution in [-0.4, -0.2) is 5.78 Å². The van der Waals surface area contributed by atoms with E-state index in [9.17, 15) is 13.6 Å². The van der Waals surface area contributed by atoms with Gasteiger partial charge in [0.1, 0.15) is 11.6 Å². The lowest BCUT2D eigenvalue weighted by Gasteiger charge is -2.04. The number of aryl methyl sites for hydroxylation is 1. The van der Waals surface area contributed by atoms with Gasteiger partial charge >= 0.3 is 0 Å². The van der Waals surface area contributed by atoms with Crippen LogP contribution in [0.1, 0.15) is 21.7 Å². The van der Waals surface area contributed by atoms with Crippen molar-refractivity contribution >= 4 is 21.7 Å². The second kappa shape index (κ2) is 4.41. The fourth-order valence-electron chi connectivity index (χ4n) is 1.42. The molecule has 0 unspecified atom stereocenters. The number of carbonyl (C=O) groups is 1. The van der Waals surface area contributed by atoms with E-state index >= 15 is 0 Å². The maximum Gasteiger partial charge on any atom is 0.234 e. The van der Waals surface area contributed by atoms with Crippen LogP contribution in [0.2, 0.25) is 0 Å². The highest BCUT2D eigenvalue weighted by Gasteiger charge is 2.22. The van der Waals surface area contributed by atoms with E-state index in [0.717, 1.165) is 6.07 Å². The molecule has 0 fully saturated rings. The van der Waals surface area contributed by atoms with Crippen LogP contribution >= 0.6 is 15.9 Å². The van der Waals surface area contributed by atoms with Crippen LogP contribution in [0, 0.1) is 18.6 Å². The Kier molecular flexibility index (Phi) is 3.11. The Balaban J connectivity index is 2.54. The van der Waals surface area contributed by atoms with Gasteiger partial charge in [0.2, 0.25) is 5.78 Å². The van der Waals surface area contributed by atoms with Crippen molar-refractivity contribution in [2.24, 2.45) is 0 Å². The number of ketones is 1. The summed E-state index contributed by atoms with van der Waals surface area (Å²) in [6.07, 6.45) is 0. The molecule has 88 valence electrons. The molecule has 2 nitrogen and oxygen atoms in total. The quantitative estimate of drug-likeness (QED) is 0.788. The first-order valence-electron chi connectivity index (χ1n) is 4.75. The van der Waals surface area contributed by atoms with Gasteiger partial charge in [0.25, 0.3) is 0 Å². The molecule has 0 spiro atoms. The summed E-state index contributed by atoms with van der Waals surface area (Å²) >= 11 is 3.02. The maximum absolute atomic E-state index is 13.7. The molecule has 0 aliphatic heterocycles. The van der Waals surface area contributed by atoms with E-state index in [1.54, 1.807) is 0 Å². The van der Waals surface area contributed by atoms with Crippen molar-refractivity contribution in [2.45, 2.75) is 6.92 Å². The van der Waals surface area contributed by atoms with E-state index in [1.165, 1.54) is 25.1 Å². The van der Waals surface area contributed by atoms with Crippen molar-refractivity contribution in [3.63, 3.8) is 0 Å². The zero-order valence-electron chi connectivity index (χ0n) is 8.76. The Hall–Kier alpha value is -1.49. The van der Waals surface area contributed by atoms with Crippen LogP contribution in [-0.2, 0) is 0 Å². The molecule has 0 atom stereocenters. The first-order chi connectivity index (χ1) is 8.00. The number of halogens is 3. The number of hydrogen-bond donors (Lipinski definition) is 0. The summed E-state index contributed by atoms with van der Waals surface area (Å²) in [5, 5.41) is 0. The third-order valence-corrected chi connectivity index (χ3v) is 2.73. The van der Waals surface area contributed by atoms with Crippen molar-refractivity contribution in [3.05, 3.63) is 57.5 Å². The summed E-state index contributed by atoms with van der Waals surface area (Å²) in [7, 11) is 0. The monoisotopic (exact) mass is 300 g/mol. The first kappa shape index (κ1) is 12.0. The van der Waals surface area contributed by atoms with Gasteiger partial charge in [-0.3, -0.25) is 4.79 Å². The summed E-state index contributed by atoms with van der Waals surface area (Å²) in [6, 6.07) is 5.18. The van der Waals surface area contributed by atoms with E-state index in [2.05, 4.69) is 15.9 Å². The minimum Gasteiger partial charge on any atom is -0.446 e. The van der Waals surface area contributed by atoms with Gasteiger partial charge in [-0.15, -0.1) is 0 Å². The number of carbonyl (C=O) groups excluding carboxylic acids is 1. The summed E-state index contributed by atoms with van der Waals surface area (Å²) in [6.45, 7) is 1.46. The smallest absolute Gasteiger partial charge is 0.234 e. The van der Waals surface area contributed by atoms with Crippen molar-refractivity contribution in [1.82, 2.24) is 0 Å². The lowest BCUT2D eigenvalue weighted by molar-refractivity contribution is 0.0999. The lowest BCUT2D eigenvalue weighted by atomic mass is 10.0. The van der Waals surface area contributed by atoms with E-state index in [-0.39, 0.29) is 11.3 Å². The average Bonchev–Trinajstić information content (AvgIpc) is 2.71. The molecule has 0 aliphatic rings. The molecule has 0 aliphatic carbocycles. The standard InChI is InChI=1S/C12H7BrF2O2/c1-6-2-3-7(14)10(11(6)15)12(16)8-4-5-9(13)17-8/h2-5H,1H3. The highest BCUT2D eigenvalue weighted by Crippen LogP contribution is 2.22. The van der Waals surface area contributed by atoms with Crippen molar-refractivity contribution < 1.29 is 18.0 Å². The van der Waals surface area contributed by atoms with Crippen molar-refractivity contribution in [2.75, 3.05) is 0 Å². The second-order valence-corrected chi connectivity index (χ2v) is 4.27. The molecule has 1 heterocycles. The molecule has 0 radical (unpaired) electrons. The Morgan fingerprint density at radius 3 is 2.53 bits per heavy atom. The van der Waals surface area contributed by atoms with Gasteiger partial charge in [-0.25, -0.2) is 8.78 Å². The predicted molar refractivity (Wildman–Crippen MR) is 60.9 cm³/mol. The Morgan fingerprint density at radius 1 is 1.24 bits per heavy atom. The number of rotatable bonds is 2. The molecule has 0 N–H and O–H groups in total. The molecule has 5 heteroatoms. The average molecular weight is 301 g/mol. The minimum atomic E-state index is -0.898. The highest BCUT2D eigenvalue weighted by molar-refractivity contribution is 9.10. The van der Waals surface area contributed by atoms with E-state index < -0.39 is 23.0 Å². The van der Waals surface area contributed by atoms with Gasteiger partial charge in [-0.2, -0.15) is 0 Å². The van der Waals surface area contributed by atoms with Gasteiger partial charge in [-0.1, -0.05) is 6.07 Å². The van der Waals surface area contributed by atoms with Gasteiger partial charge < -0.3 is 4.42 Å². The van der Waals surface area contributed by atoms with Crippen LogP contribution in [0.15, 0.2) is 33.4 Å². The lowest BCUT2D eigenvalue weighted by Crippen LogP contribution is -2.07. The molecular formula is C12H7BrF2O2. The normalized spacial score (nSPS) is 10.6. The molecule has 2 rings (SSSR count). The number of furan rings is 1. The molecule has 17 heavy (non-hydrogen) atoms. The molecule has 2 aromatic rings. The summed E-state index contributed by atoms with van der Waals surface area (Å²) in [5.74, 6) is -2.68. The van der Waals surface area contributed by atoms with Crippen LogP contribution in [0.3, 0.4) is 0 Å². The van der Waals surface area contributed by atoms with Crippen molar-refractivity contribution in [1.29, 1.82) is 0 Å². The molecule has 0 saturated carbocycles. The fraction of sp³-hybridized carbons (Fsp3) is 0.0833. The third-order valence-electron chi connectivity index (χ3n) is 2.31. The molecular weight excluding hydrogens is 294 g/mol. The Labute approximate surface area is 104 Å². The molecule has 1 aromatic heterocycles. The largest absolute Gasteiger partial charge is 0.446 e. The summed E-state index contributed by atoms with van der Waals surface area (Å²) in [5.41, 5.74) is -0.382. The minimum absolute atomic E-state index is 0.111. The predicted octanol–water partition coefficient (Wildman–Crippen LogP) is 3.86. The third kappa shape index (κ3) is 2.15. The summed E-state index contributed by atoms with van der Waals surface area (Å²) in [4.78, 5) is 11.9. The first-order valence-corrected chi connectivity index (χ1v) is 5.54. The number of hydrogen-bond acceptors (Lipinski definition) is 2. The number of benzene rings is 1. The highest BCUT2D eigenvalue weighted by atomic mass is 79.9.